The van der Waals surface area contributed by atoms with Crippen molar-refractivity contribution in [2.75, 3.05) is 0 Å². The lowest BCUT2D eigenvalue weighted by molar-refractivity contribution is 0.0718. The number of hydrogen-bond donors (Lipinski definition) is 0. The van der Waals surface area contributed by atoms with E-state index in [4.69, 9.17) is 27.9 Å². The van der Waals surface area contributed by atoms with Gasteiger partial charge in [-0.3, -0.25) is 4.79 Å². The fourth-order valence-electron chi connectivity index (χ4n) is 2.97. The molecule has 5 nitrogen and oxygen atoms in total. The molecule has 2 aromatic carbocycles. The summed E-state index contributed by atoms with van der Waals surface area (Å²) in [6, 6.07) is 10.2. The molecule has 0 aliphatic rings. The van der Waals surface area contributed by atoms with Crippen LogP contribution in [0, 0.1) is 20.8 Å². The smallest absolute Gasteiger partial charge is 0.344 e. The lowest BCUT2D eigenvalue weighted by atomic mass is 9.99. The Bertz CT molecular complexity index is 1090. The number of esters is 1. The summed E-state index contributed by atoms with van der Waals surface area (Å²) in [5.74, 6) is -0.890. The van der Waals surface area contributed by atoms with Gasteiger partial charge in [-0.2, -0.15) is 5.10 Å². The summed E-state index contributed by atoms with van der Waals surface area (Å²) in [4.78, 5) is 25.8. The second kappa shape index (κ2) is 7.78. The molecule has 1 heterocycles. The average Bonchev–Trinajstić information content (AvgIpc) is 2.96. The van der Waals surface area contributed by atoms with Gasteiger partial charge >= 0.3 is 5.97 Å². The van der Waals surface area contributed by atoms with Gasteiger partial charge in [0.15, 0.2) is 0 Å². The van der Waals surface area contributed by atoms with Crippen LogP contribution < -0.4 is 4.74 Å². The minimum Gasteiger partial charge on any atom is -0.403 e. The quantitative estimate of drug-likeness (QED) is 0.438. The first-order valence-electron chi connectivity index (χ1n) is 8.53. The second-order valence-electron chi connectivity index (χ2n) is 6.47. The first-order valence-corrected chi connectivity index (χ1v) is 9.28. The number of aryl methyl sites for hydroxylation is 3. The molecule has 0 N–H and O–H groups in total. The zero-order chi connectivity index (χ0) is 20.6. The van der Waals surface area contributed by atoms with Crippen LogP contribution in [0.15, 0.2) is 36.4 Å². The van der Waals surface area contributed by atoms with Gasteiger partial charge in [0, 0.05) is 17.6 Å². The van der Waals surface area contributed by atoms with Crippen LogP contribution >= 0.6 is 23.2 Å². The molecule has 0 radical (unpaired) electrons. The lowest BCUT2D eigenvalue weighted by Crippen LogP contribution is -2.14. The Balaban J connectivity index is 2.07. The zero-order valence-corrected chi connectivity index (χ0v) is 17.4. The summed E-state index contributed by atoms with van der Waals surface area (Å²) >= 11 is 12.6. The van der Waals surface area contributed by atoms with Crippen molar-refractivity contribution in [3.05, 3.63) is 80.0 Å². The van der Waals surface area contributed by atoms with Gasteiger partial charge in [-0.15, -0.1) is 0 Å². The van der Waals surface area contributed by atoms with Crippen molar-refractivity contribution in [2.45, 2.75) is 20.8 Å². The number of rotatable bonds is 4. The van der Waals surface area contributed by atoms with Crippen LogP contribution in [-0.2, 0) is 7.05 Å². The molecular formula is C21H18Cl2N2O3. The molecule has 0 spiro atoms. The molecule has 0 fully saturated rings. The van der Waals surface area contributed by atoms with Crippen molar-refractivity contribution < 1.29 is 14.3 Å². The summed E-state index contributed by atoms with van der Waals surface area (Å²) in [5, 5.41) is 5.03. The summed E-state index contributed by atoms with van der Waals surface area (Å²) in [6.45, 7) is 5.23. The number of ether oxygens (including phenoxy) is 1. The Labute approximate surface area is 172 Å². The first-order chi connectivity index (χ1) is 13.2. The Morgan fingerprint density at radius 3 is 2.32 bits per heavy atom. The van der Waals surface area contributed by atoms with Crippen molar-refractivity contribution in [1.82, 2.24) is 9.78 Å². The molecule has 28 heavy (non-hydrogen) atoms. The van der Waals surface area contributed by atoms with Crippen LogP contribution in [0.2, 0.25) is 10.0 Å². The monoisotopic (exact) mass is 416 g/mol. The number of ketones is 1. The largest absolute Gasteiger partial charge is 0.403 e. The van der Waals surface area contributed by atoms with E-state index in [2.05, 4.69) is 5.10 Å². The van der Waals surface area contributed by atoms with Crippen LogP contribution in [0.1, 0.15) is 43.1 Å². The zero-order valence-electron chi connectivity index (χ0n) is 15.8. The maximum absolute atomic E-state index is 13.3. The first kappa shape index (κ1) is 20.1. The Hall–Kier alpha value is -2.63. The van der Waals surface area contributed by atoms with Crippen molar-refractivity contribution in [1.29, 1.82) is 0 Å². The van der Waals surface area contributed by atoms with Crippen LogP contribution in [0.25, 0.3) is 0 Å². The molecule has 0 saturated heterocycles. The average molecular weight is 417 g/mol. The van der Waals surface area contributed by atoms with E-state index in [1.165, 1.54) is 4.68 Å². The van der Waals surface area contributed by atoms with Gasteiger partial charge in [-0.05, 0) is 50.1 Å². The Morgan fingerprint density at radius 2 is 1.68 bits per heavy atom. The minimum atomic E-state index is -0.577. The fraction of sp³-hybridized carbons (Fsp3) is 0.190. The van der Waals surface area contributed by atoms with E-state index >= 15 is 0 Å². The topological polar surface area (TPSA) is 61.2 Å². The molecule has 0 amide bonds. The number of carbonyl (C=O) groups is 2. The molecular weight excluding hydrogens is 399 g/mol. The summed E-state index contributed by atoms with van der Waals surface area (Å²) in [7, 11) is 1.61. The molecule has 0 bridgehead atoms. The van der Waals surface area contributed by atoms with Crippen LogP contribution in [0.5, 0.6) is 5.88 Å². The van der Waals surface area contributed by atoms with E-state index < -0.39 is 5.97 Å². The number of benzene rings is 2. The van der Waals surface area contributed by atoms with Gasteiger partial charge in [-0.25, -0.2) is 9.48 Å². The SMILES string of the molecule is Cc1cc(C(=O)c2c(C)nn(C)c2OC(=O)c2ccccc2)c(Cl)c(C)c1Cl. The highest BCUT2D eigenvalue weighted by atomic mass is 35.5. The Morgan fingerprint density at radius 1 is 1.04 bits per heavy atom. The van der Waals surface area contributed by atoms with Crippen LogP contribution in [0.4, 0.5) is 0 Å². The summed E-state index contributed by atoms with van der Waals surface area (Å²) < 4.78 is 6.89. The summed E-state index contributed by atoms with van der Waals surface area (Å²) in [6.07, 6.45) is 0. The van der Waals surface area contributed by atoms with E-state index in [0.29, 0.717) is 21.8 Å². The number of aromatic nitrogens is 2. The maximum Gasteiger partial charge on any atom is 0.344 e. The van der Waals surface area contributed by atoms with E-state index in [1.807, 2.05) is 0 Å². The van der Waals surface area contributed by atoms with Crippen molar-refractivity contribution in [3.8, 4) is 5.88 Å². The molecule has 0 unspecified atom stereocenters. The van der Waals surface area contributed by atoms with E-state index in [0.717, 1.165) is 5.56 Å². The molecule has 0 aliphatic carbocycles. The highest BCUT2D eigenvalue weighted by Crippen LogP contribution is 2.34. The highest BCUT2D eigenvalue weighted by Gasteiger charge is 2.27. The van der Waals surface area contributed by atoms with Crippen molar-refractivity contribution in [3.63, 3.8) is 0 Å². The number of hydrogen-bond acceptors (Lipinski definition) is 4. The van der Waals surface area contributed by atoms with Crippen LogP contribution in [0.3, 0.4) is 0 Å². The molecule has 7 heteroatoms. The van der Waals surface area contributed by atoms with E-state index in [1.54, 1.807) is 64.2 Å². The molecule has 0 saturated carbocycles. The standard InChI is InChI=1S/C21H18Cl2N2O3/c1-11-10-15(18(23)12(2)17(11)22)19(26)16-13(3)24-25(4)20(16)28-21(27)14-8-6-5-7-9-14/h5-10H,1-4H3. The number of carbonyl (C=O) groups excluding carboxylic acids is 2. The minimum absolute atomic E-state index is 0.0673. The molecule has 3 rings (SSSR count). The number of nitrogens with zero attached hydrogens (tertiary/aromatic N) is 2. The normalized spacial score (nSPS) is 10.8. The van der Waals surface area contributed by atoms with E-state index in [-0.39, 0.29) is 27.8 Å². The molecule has 1 aromatic heterocycles. The Kier molecular flexibility index (Phi) is 5.59. The van der Waals surface area contributed by atoms with Crippen LogP contribution in [-0.4, -0.2) is 21.5 Å². The van der Waals surface area contributed by atoms with Crippen molar-refractivity contribution >= 4 is 35.0 Å². The van der Waals surface area contributed by atoms with Gasteiger partial charge in [0.25, 0.3) is 0 Å². The third kappa shape index (κ3) is 3.55. The lowest BCUT2D eigenvalue weighted by Gasteiger charge is -2.12. The van der Waals surface area contributed by atoms with Crippen molar-refractivity contribution in [2.24, 2.45) is 7.05 Å². The third-order valence-electron chi connectivity index (χ3n) is 4.44. The molecule has 144 valence electrons. The van der Waals surface area contributed by atoms with Gasteiger partial charge in [-0.1, -0.05) is 41.4 Å². The maximum atomic E-state index is 13.3. The van der Waals surface area contributed by atoms with Gasteiger partial charge in [0.2, 0.25) is 11.7 Å². The van der Waals surface area contributed by atoms with E-state index in [9.17, 15) is 9.59 Å². The predicted octanol–water partition coefficient (Wildman–Crippen LogP) is 5.10. The summed E-state index contributed by atoms with van der Waals surface area (Å²) in [5.41, 5.74) is 2.64. The second-order valence-corrected chi connectivity index (χ2v) is 7.22. The van der Waals surface area contributed by atoms with Gasteiger partial charge in [0.1, 0.15) is 5.56 Å². The fourth-order valence-corrected chi connectivity index (χ4v) is 3.41. The molecule has 3 aromatic rings. The van der Waals surface area contributed by atoms with Gasteiger partial charge in [0.05, 0.1) is 16.3 Å². The van der Waals surface area contributed by atoms with Gasteiger partial charge < -0.3 is 4.74 Å². The number of halogens is 2. The highest BCUT2D eigenvalue weighted by molar-refractivity contribution is 6.39. The molecule has 0 atom stereocenters. The third-order valence-corrected chi connectivity index (χ3v) is 5.51. The molecule has 0 aliphatic heterocycles. The predicted molar refractivity (Wildman–Crippen MR) is 109 cm³/mol.